The fourth-order valence-corrected chi connectivity index (χ4v) is 1.81. The topological polar surface area (TPSA) is 47.0 Å². The van der Waals surface area contributed by atoms with Gasteiger partial charge in [0.05, 0.1) is 11.9 Å². The number of aryl methyl sites for hydroxylation is 2. The van der Waals surface area contributed by atoms with Crippen molar-refractivity contribution in [2.24, 2.45) is 0 Å². The molecule has 1 heterocycles. The van der Waals surface area contributed by atoms with Crippen LogP contribution in [0.15, 0.2) is 30.6 Å². The van der Waals surface area contributed by atoms with Crippen molar-refractivity contribution in [2.75, 3.05) is 7.05 Å². The normalized spacial score (nSPS) is 10.4. The van der Waals surface area contributed by atoms with E-state index in [1.165, 1.54) is 11.1 Å². The van der Waals surface area contributed by atoms with Gasteiger partial charge in [-0.1, -0.05) is 6.07 Å². The first-order valence-electron chi connectivity index (χ1n) is 5.89. The first-order valence-corrected chi connectivity index (χ1v) is 5.89. The summed E-state index contributed by atoms with van der Waals surface area (Å²) in [5.41, 5.74) is 3.20. The van der Waals surface area contributed by atoms with E-state index in [0.29, 0.717) is 12.4 Å². The highest BCUT2D eigenvalue weighted by Crippen LogP contribution is 2.21. The molecule has 4 nitrogen and oxygen atoms in total. The fourth-order valence-electron chi connectivity index (χ4n) is 1.81. The minimum Gasteiger partial charge on any atom is -0.437 e. The largest absolute Gasteiger partial charge is 0.437 e. The van der Waals surface area contributed by atoms with E-state index in [0.717, 1.165) is 11.4 Å². The lowest BCUT2D eigenvalue weighted by molar-refractivity contribution is 0.456. The Balaban J connectivity index is 2.20. The number of hydrogen-bond donors (Lipinski definition) is 1. The third-order valence-corrected chi connectivity index (χ3v) is 2.44. The predicted molar refractivity (Wildman–Crippen MR) is 70.8 cm³/mol. The summed E-state index contributed by atoms with van der Waals surface area (Å²) in [6.45, 7) is 4.77. The maximum absolute atomic E-state index is 5.73. The van der Waals surface area contributed by atoms with Crippen molar-refractivity contribution < 1.29 is 4.74 Å². The Morgan fingerprint density at radius 1 is 1.11 bits per heavy atom. The Bertz CT molecular complexity index is 520. The van der Waals surface area contributed by atoms with Gasteiger partial charge in [0.15, 0.2) is 0 Å². The highest BCUT2D eigenvalue weighted by atomic mass is 16.5. The van der Waals surface area contributed by atoms with Crippen LogP contribution >= 0.6 is 0 Å². The second kappa shape index (κ2) is 5.60. The summed E-state index contributed by atoms with van der Waals surface area (Å²) >= 11 is 0. The number of nitrogens with one attached hydrogen (secondary N) is 1. The smallest absolute Gasteiger partial charge is 0.238 e. The molecule has 2 rings (SSSR count). The number of aromatic nitrogens is 2. The third-order valence-electron chi connectivity index (χ3n) is 2.44. The summed E-state index contributed by atoms with van der Waals surface area (Å²) in [5, 5.41) is 3.04. The van der Waals surface area contributed by atoms with Crippen molar-refractivity contribution in [3.8, 4) is 11.6 Å². The molecule has 0 atom stereocenters. The van der Waals surface area contributed by atoms with Crippen LogP contribution in [0, 0.1) is 13.8 Å². The quantitative estimate of drug-likeness (QED) is 0.896. The molecule has 0 fully saturated rings. The first kappa shape index (κ1) is 12.5. The maximum atomic E-state index is 5.73. The zero-order valence-electron chi connectivity index (χ0n) is 10.9. The molecule has 0 saturated carbocycles. The molecule has 0 radical (unpaired) electrons. The van der Waals surface area contributed by atoms with Crippen molar-refractivity contribution in [3.63, 3.8) is 0 Å². The second-order valence-electron chi connectivity index (χ2n) is 4.30. The fraction of sp³-hybridized carbons (Fsp3) is 0.286. The molecule has 2 aromatic rings. The van der Waals surface area contributed by atoms with Gasteiger partial charge in [0.2, 0.25) is 5.88 Å². The van der Waals surface area contributed by atoms with Gasteiger partial charge >= 0.3 is 0 Å². The van der Waals surface area contributed by atoms with Gasteiger partial charge in [0, 0.05) is 12.7 Å². The molecule has 1 aromatic heterocycles. The molecule has 0 saturated heterocycles. The van der Waals surface area contributed by atoms with Crippen molar-refractivity contribution in [1.82, 2.24) is 15.3 Å². The van der Waals surface area contributed by atoms with Crippen LogP contribution < -0.4 is 10.1 Å². The van der Waals surface area contributed by atoms with Gasteiger partial charge in [0.1, 0.15) is 5.75 Å². The summed E-state index contributed by atoms with van der Waals surface area (Å²) in [7, 11) is 1.87. The SMILES string of the molecule is CNCc1cncc(Oc2cc(C)cc(C)c2)n1. The van der Waals surface area contributed by atoms with Gasteiger partial charge in [-0.15, -0.1) is 0 Å². The van der Waals surface area contributed by atoms with E-state index in [4.69, 9.17) is 4.74 Å². The van der Waals surface area contributed by atoms with Crippen LogP contribution in [0.2, 0.25) is 0 Å². The summed E-state index contributed by atoms with van der Waals surface area (Å²) in [6.07, 6.45) is 3.35. The van der Waals surface area contributed by atoms with Crippen LogP contribution in [0.4, 0.5) is 0 Å². The van der Waals surface area contributed by atoms with E-state index < -0.39 is 0 Å². The van der Waals surface area contributed by atoms with Crippen LogP contribution in [-0.4, -0.2) is 17.0 Å². The molecule has 1 aromatic carbocycles. The van der Waals surface area contributed by atoms with Crippen LogP contribution in [0.1, 0.15) is 16.8 Å². The molecule has 4 heteroatoms. The predicted octanol–water partition coefficient (Wildman–Crippen LogP) is 2.61. The summed E-state index contributed by atoms with van der Waals surface area (Å²) < 4.78 is 5.73. The molecule has 0 amide bonds. The van der Waals surface area contributed by atoms with Gasteiger partial charge in [-0.3, -0.25) is 4.98 Å². The Hall–Kier alpha value is -1.94. The standard InChI is InChI=1S/C14H17N3O/c1-10-4-11(2)6-13(5-10)18-14-9-16-8-12(17-14)7-15-3/h4-6,8-9,15H,7H2,1-3H3. The molecule has 0 unspecified atom stereocenters. The van der Waals surface area contributed by atoms with Crippen LogP contribution in [0.3, 0.4) is 0 Å². The third kappa shape index (κ3) is 3.28. The Morgan fingerprint density at radius 2 is 1.83 bits per heavy atom. The van der Waals surface area contributed by atoms with E-state index in [2.05, 4.69) is 21.4 Å². The summed E-state index contributed by atoms with van der Waals surface area (Å²) in [4.78, 5) is 8.49. The molecule has 0 bridgehead atoms. The lowest BCUT2D eigenvalue weighted by Gasteiger charge is -2.07. The zero-order chi connectivity index (χ0) is 13.0. The van der Waals surface area contributed by atoms with Crippen LogP contribution in [0.25, 0.3) is 0 Å². The van der Waals surface area contributed by atoms with E-state index in [9.17, 15) is 0 Å². The minimum atomic E-state index is 0.521. The molecule has 0 spiro atoms. The molecule has 18 heavy (non-hydrogen) atoms. The van der Waals surface area contributed by atoms with E-state index in [-0.39, 0.29) is 0 Å². The van der Waals surface area contributed by atoms with Gasteiger partial charge in [-0.25, -0.2) is 4.98 Å². The van der Waals surface area contributed by atoms with Crippen LogP contribution in [-0.2, 0) is 6.54 Å². The zero-order valence-corrected chi connectivity index (χ0v) is 10.9. The Labute approximate surface area is 107 Å². The first-order chi connectivity index (χ1) is 8.67. The number of benzene rings is 1. The van der Waals surface area contributed by atoms with Gasteiger partial charge in [0.25, 0.3) is 0 Å². The minimum absolute atomic E-state index is 0.521. The summed E-state index contributed by atoms with van der Waals surface area (Å²) in [5.74, 6) is 1.32. The van der Waals surface area contributed by atoms with Crippen molar-refractivity contribution in [1.29, 1.82) is 0 Å². The number of rotatable bonds is 4. The van der Waals surface area contributed by atoms with E-state index in [1.54, 1.807) is 12.4 Å². The summed E-state index contributed by atoms with van der Waals surface area (Å²) in [6, 6.07) is 6.08. The molecule has 1 N–H and O–H groups in total. The van der Waals surface area contributed by atoms with E-state index in [1.807, 2.05) is 33.0 Å². The van der Waals surface area contributed by atoms with Gasteiger partial charge < -0.3 is 10.1 Å². The number of ether oxygens (including phenoxy) is 1. The van der Waals surface area contributed by atoms with Gasteiger partial charge in [-0.2, -0.15) is 0 Å². The van der Waals surface area contributed by atoms with Crippen molar-refractivity contribution >= 4 is 0 Å². The molecular formula is C14H17N3O. The molecule has 94 valence electrons. The Kier molecular flexibility index (Phi) is 3.89. The lowest BCUT2D eigenvalue weighted by atomic mass is 10.1. The highest BCUT2D eigenvalue weighted by Gasteiger charge is 2.02. The monoisotopic (exact) mass is 243 g/mol. The highest BCUT2D eigenvalue weighted by molar-refractivity contribution is 5.35. The molecule has 0 aliphatic carbocycles. The number of hydrogen-bond acceptors (Lipinski definition) is 4. The number of nitrogens with zero attached hydrogens (tertiary/aromatic N) is 2. The average Bonchev–Trinajstić information content (AvgIpc) is 2.28. The maximum Gasteiger partial charge on any atom is 0.238 e. The molecule has 0 aliphatic heterocycles. The second-order valence-corrected chi connectivity index (χ2v) is 4.30. The van der Waals surface area contributed by atoms with E-state index >= 15 is 0 Å². The average molecular weight is 243 g/mol. The Morgan fingerprint density at radius 3 is 2.50 bits per heavy atom. The molecular weight excluding hydrogens is 226 g/mol. The van der Waals surface area contributed by atoms with Crippen molar-refractivity contribution in [3.05, 3.63) is 47.4 Å². The van der Waals surface area contributed by atoms with Gasteiger partial charge in [-0.05, 0) is 44.2 Å². The van der Waals surface area contributed by atoms with Crippen LogP contribution in [0.5, 0.6) is 11.6 Å². The lowest BCUT2D eigenvalue weighted by Crippen LogP contribution is -2.07. The molecule has 0 aliphatic rings. The van der Waals surface area contributed by atoms with Crippen molar-refractivity contribution in [2.45, 2.75) is 20.4 Å².